The molecule has 6 heteroatoms. The van der Waals surface area contributed by atoms with Crippen LogP contribution in [0.15, 0.2) is 109 Å². The van der Waals surface area contributed by atoms with Crippen molar-refractivity contribution < 1.29 is 28.6 Å². The summed E-state index contributed by atoms with van der Waals surface area (Å²) in [7, 11) is 0. The van der Waals surface area contributed by atoms with E-state index in [-0.39, 0.29) is 31.1 Å². The van der Waals surface area contributed by atoms with Crippen LogP contribution in [0.5, 0.6) is 0 Å². The highest BCUT2D eigenvalue weighted by Gasteiger charge is 2.19. The summed E-state index contributed by atoms with van der Waals surface area (Å²) in [6.07, 6.45) is 70.7. The molecule has 0 fully saturated rings. The van der Waals surface area contributed by atoms with Crippen molar-refractivity contribution in [3.8, 4) is 0 Å². The van der Waals surface area contributed by atoms with Crippen molar-refractivity contribution in [3.05, 3.63) is 109 Å². The quantitative estimate of drug-likeness (QED) is 0.0262. The van der Waals surface area contributed by atoms with E-state index in [4.69, 9.17) is 14.2 Å². The standard InChI is InChI=1S/C59H96O6/c1-4-7-10-13-16-19-22-25-28-29-32-35-38-41-44-47-50-53-59(62)65-56(54-63-57(60)51-48-45-42-39-36-33-30-26-23-20-17-14-11-8-5-2)55-64-58(61)52-49-46-43-40-37-34-31-27-24-21-18-15-12-9-6-3/h8-9,11-12,16-21,25-28,30-31,36,39,56H,4-7,10,13-15,22-24,29,32-35,37-38,40-55H2,1-3H3/b11-8-,12-9-,19-16-,20-17-,21-18-,28-25-,30-26-,31-27-,39-36-/t56-/m1/s1. The monoisotopic (exact) mass is 901 g/mol. The molecule has 6 nitrogen and oxygen atoms in total. The highest BCUT2D eigenvalue weighted by atomic mass is 16.6. The number of carbonyl (C=O) groups excluding carboxylic acids is 3. The molecule has 0 unspecified atom stereocenters. The predicted molar refractivity (Wildman–Crippen MR) is 279 cm³/mol. The van der Waals surface area contributed by atoms with Gasteiger partial charge in [0.1, 0.15) is 13.2 Å². The first-order chi connectivity index (χ1) is 32.0. The molecule has 0 aliphatic carbocycles. The SMILES string of the molecule is CC/C=C\C/C=C\C/C=C\C/C=C\CCCCC(=O)OC[C@H](COC(=O)CCCCCCC/C=C\C/C=C\C/C=C\CC)OC(=O)CCCCCCCCC/C=C\C/C=C\CCCCC. The fourth-order valence-corrected chi connectivity index (χ4v) is 6.83. The van der Waals surface area contributed by atoms with Crippen LogP contribution in [0, 0.1) is 0 Å². The lowest BCUT2D eigenvalue weighted by atomic mass is 10.1. The van der Waals surface area contributed by atoms with Crippen LogP contribution in [0.25, 0.3) is 0 Å². The maximum absolute atomic E-state index is 12.8. The van der Waals surface area contributed by atoms with E-state index in [2.05, 4.69) is 130 Å². The molecular formula is C59H96O6. The van der Waals surface area contributed by atoms with Gasteiger partial charge < -0.3 is 14.2 Å². The highest BCUT2D eigenvalue weighted by Crippen LogP contribution is 2.13. The molecule has 0 aromatic carbocycles. The van der Waals surface area contributed by atoms with Gasteiger partial charge in [-0.05, 0) is 122 Å². The number of esters is 3. The third-order valence-corrected chi connectivity index (χ3v) is 10.7. The van der Waals surface area contributed by atoms with Crippen LogP contribution < -0.4 is 0 Å². The van der Waals surface area contributed by atoms with Crippen molar-refractivity contribution in [2.75, 3.05) is 13.2 Å². The Balaban J connectivity index is 4.51. The molecule has 0 saturated heterocycles. The molecule has 0 rings (SSSR count). The molecule has 0 amide bonds. The molecule has 0 aliphatic heterocycles. The van der Waals surface area contributed by atoms with Crippen molar-refractivity contribution in [2.24, 2.45) is 0 Å². The number of hydrogen-bond acceptors (Lipinski definition) is 6. The smallest absolute Gasteiger partial charge is 0.306 e. The number of hydrogen-bond donors (Lipinski definition) is 0. The molecule has 65 heavy (non-hydrogen) atoms. The van der Waals surface area contributed by atoms with Crippen molar-refractivity contribution in [1.82, 2.24) is 0 Å². The molecule has 0 aromatic rings. The Labute approximate surface area is 400 Å². The molecule has 0 saturated carbocycles. The Morgan fingerprint density at radius 1 is 0.323 bits per heavy atom. The first kappa shape index (κ1) is 61.1. The Kier molecular flexibility index (Phi) is 49.5. The van der Waals surface area contributed by atoms with Crippen LogP contribution in [-0.4, -0.2) is 37.2 Å². The van der Waals surface area contributed by atoms with Gasteiger partial charge in [0.05, 0.1) is 0 Å². The first-order valence-electron chi connectivity index (χ1n) is 26.4. The number of rotatable bonds is 46. The Morgan fingerprint density at radius 3 is 0.969 bits per heavy atom. The van der Waals surface area contributed by atoms with Crippen LogP contribution in [-0.2, 0) is 28.6 Å². The molecule has 1 atom stereocenters. The average molecular weight is 901 g/mol. The van der Waals surface area contributed by atoms with Gasteiger partial charge in [0.2, 0.25) is 0 Å². The molecule has 368 valence electrons. The summed E-state index contributed by atoms with van der Waals surface area (Å²) in [5.74, 6) is -0.976. The van der Waals surface area contributed by atoms with E-state index >= 15 is 0 Å². The maximum Gasteiger partial charge on any atom is 0.306 e. The third kappa shape index (κ3) is 50.9. The van der Waals surface area contributed by atoms with E-state index in [1.165, 1.54) is 51.4 Å². The van der Waals surface area contributed by atoms with Crippen molar-refractivity contribution in [1.29, 1.82) is 0 Å². The van der Waals surface area contributed by atoms with Crippen LogP contribution in [0.4, 0.5) is 0 Å². The molecule has 0 aromatic heterocycles. The van der Waals surface area contributed by atoms with Crippen molar-refractivity contribution in [3.63, 3.8) is 0 Å². The summed E-state index contributed by atoms with van der Waals surface area (Å²) in [6.45, 7) is 6.32. The number of allylic oxidation sites excluding steroid dienone is 18. The van der Waals surface area contributed by atoms with E-state index in [1.54, 1.807) is 0 Å². The van der Waals surface area contributed by atoms with Gasteiger partial charge in [-0.15, -0.1) is 0 Å². The second-order valence-corrected chi connectivity index (χ2v) is 17.0. The minimum atomic E-state index is -0.808. The summed E-state index contributed by atoms with van der Waals surface area (Å²) in [5.41, 5.74) is 0. The van der Waals surface area contributed by atoms with E-state index in [0.29, 0.717) is 19.3 Å². The second-order valence-electron chi connectivity index (χ2n) is 17.0. The number of ether oxygens (including phenoxy) is 3. The predicted octanol–water partition coefficient (Wildman–Crippen LogP) is 17.5. The van der Waals surface area contributed by atoms with Gasteiger partial charge in [-0.25, -0.2) is 0 Å². The number of unbranched alkanes of at least 4 members (excludes halogenated alkanes) is 17. The summed E-state index contributed by atoms with van der Waals surface area (Å²) >= 11 is 0. The van der Waals surface area contributed by atoms with Crippen LogP contribution >= 0.6 is 0 Å². The first-order valence-corrected chi connectivity index (χ1v) is 26.4. The molecule has 0 aliphatic rings. The van der Waals surface area contributed by atoms with Gasteiger partial charge in [-0.3, -0.25) is 14.4 Å². The fourth-order valence-electron chi connectivity index (χ4n) is 6.83. The van der Waals surface area contributed by atoms with E-state index in [1.807, 2.05) is 0 Å². The Bertz CT molecular complexity index is 1360. The normalized spacial score (nSPS) is 13.0. The van der Waals surface area contributed by atoms with Gasteiger partial charge >= 0.3 is 17.9 Å². The van der Waals surface area contributed by atoms with E-state index in [0.717, 1.165) is 135 Å². The van der Waals surface area contributed by atoms with E-state index in [9.17, 15) is 14.4 Å². The largest absolute Gasteiger partial charge is 0.462 e. The van der Waals surface area contributed by atoms with Gasteiger partial charge in [0.25, 0.3) is 0 Å². The zero-order chi connectivity index (χ0) is 47.2. The zero-order valence-corrected chi connectivity index (χ0v) is 42.0. The van der Waals surface area contributed by atoms with Gasteiger partial charge in [0.15, 0.2) is 6.10 Å². The minimum absolute atomic E-state index is 0.106. The molecule has 0 N–H and O–H groups in total. The van der Waals surface area contributed by atoms with Crippen LogP contribution in [0.1, 0.15) is 226 Å². The van der Waals surface area contributed by atoms with E-state index < -0.39 is 6.10 Å². The van der Waals surface area contributed by atoms with Crippen LogP contribution in [0.3, 0.4) is 0 Å². The molecule has 0 heterocycles. The molecule has 0 bridgehead atoms. The average Bonchev–Trinajstić information content (AvgIpc) is 3.30. The Hall–Kier alpha value is -3.93. The van der Waals surface area contributed by atoms with Crippen molar-refractivity contribution >= 4 is 17.9 Å². The maximum atomic E-state index is 12.8. The Morgan fingerprint density at radius 2 is 0.600 bits per heavy atom. The lowest BCUT2D eigenvalue weighted by Gasteiger charge is -2.18. The van der Waals surface area contributed by atoms with Gasteiger partial charge in [-0.1, -0.05) is 194 Å². The molecular weight excluding hydrogens is 805 g/mol. The summed E-state index contributed by atoms with van der Waals surface area (Å²) in [6, 6.07) is 0. The molecule has 0 radical (unpaired) electrons. The molecule has 0 spiro atoms. The lowest BCUT2D eigenvalue weighted by Crippen LogP contribution is -2.30. The lowest BCUT2D eigenvalue weighted by molar-refractivity contribution is -0.167. The zero-order valence-electron chi connectivity index (χ0n) is 42.0. The van der Waals surface area contributed by atoms with Crippen molar-refractivity contribution in [2.45, 2.75) is 232 Å². The highest BCUT2D eigenvalue weighted by molar-refractivity contribution is 5.71. The topological polar surface area (TPSA) is 78.9 Å². The number of carbonyl (C=O) groups is 3. The third-order valence-electron chi connectivity index (χ3n) is 10.7. The fraction of sp³-hybridized carbons (Fsp3) is 0.644. The summed E-state index contributed by atoms with van der Waals surface area (Å²) in [4.78, 5) is 38.0. The minimum Gasteiger partial charge on any atom is -0.462 e. The summed E-state index contributed by atoms with van der Waals surface area (Å²) < 4.78 is 16.8. The van der Waals surface area contributed by atoms with Crippen LogP contribution in [0.2, 0.25) is 0 Å². The van der Waals surface area contributed by atoms with Gasteiger partial charge in [0, 0.05) is 19.3 Å². The summed E-state index contributed by atoms with van der Waals surface area (Å²) in [5, 5.41) is 0. The van der Waals surface area contributed by atoms with Gasteiger partial charge in [-0.2, -0.15) is 0 Å². The second kappa shape index (κ2) is 52.7.